The number of halogens is 1. The number of para-hydroxylation sites is 1. The highest BCUT2D eigenvalue weighted by molar-refractivity contribution is 6.33. The summed E-state index contributed by atoms with van der Waals surface area (Å²) < 4.78 is 0. The second-order valence-electron chi connectivity index (χ2n) is 9.21. The second-order valence-corrected chi connectivity index (χ2v) is 9.61. The molecule has 3 aromatic carbocycles. The van der Waals surface area contributed by atoms with Gasteiger partial charge in [0, 0.05) is 11.3 Å². The summed E-state index contributed by atoms with van der Waals surface area (Å²) in [6, 6.07) is 24.7. The molecule has 2 fully saturated rings. The number of anilines is 2. The van der Waals surface area contributed by atoms with Crippen LogP contribution in [0.4, 0.5) is 11.4 Å². The molecular formula is C27H25ClN2O. The van der Waals surface area contributed by atoms with Gasteiger partial charge in [0.2, 0.25) is 0 Å². The van der Waals surface area contributed by atoms with Crippen molar-refractivity contribution < 1.29 is 4.79 Å². The van der Waals surface area contributed by atoms with Gasteiger partial charge in [-0.25, -0.2) is 0 Å². The van der Waals surface area contributed by atoms with Crippen LogP contribution in [0.15, 0.2) is 72.8 Å². The van der Waals surface area contributed by atoms with Crippen LogP contribution in [0.1, 0.15) is 52.7 Å². The molecule has 4 heteroatoms. The van der Waals surface area contributed by atoms with Crippen LogP contribution in [0.5, 0.6) is 0 Å². The van der Waals surface area contributed by atoms with Gasteiger partial charge in [-0.2, -0.15) is 0 Å². The Labute approximate surface area is 187 Å². The van der Waals surface area contributed by atoms with Gasteiger partial charge < -0.3 is 10.6 Å². The molecule has 2 aliphatic carbocycles. The predicted octanol–water partition coefficient (Wildman–Crippen LogP) is 6.89. The van der Waals surface area contributed by atoms with Crippen molar-refractivity contribution in [1.29, 1.82) is 0 Å². The Balaban J connectivity index is 1.36. The molecule has 0 unspecified atom stereocenters. The molecule has 31 heavy (non-hydrogen) atoms. The van der Waals surface area contributed by atoms with E-state index >= 15 is 0 Å². The van der Waals surface area contributed by atoms with Gasteiger partial charge in [-0.3, -0.25) is 4.79 Å². The summed E-state index contributed by atoms with van der Waals surface area (Å²) in [6.07, 6.45) is 3.96. The standard InChI is InChI=1S/C27H25ClN2O/c28-21-8-4-5-9-23(21)30-27(31)19-12-13-22-20(15-19)24-17-10-11-18(14-17)25(24)26(29-22)16-6-2-1-3-7-16/h1-9,12-13,15,17-18,24-26,29H,10-11,14H2,(H,30,31)/t17-,18-,24+,25-,26-/m0/s1. The summed E-state index contributed by atoms with van der Waals surface area (Å²) in [4.78, 5) is 13.0. The summed E-state index contributed by atoms with van der Waals surface area (Å²) >= 11 is 6.24. The molecule has 0 aromatic heterocycles. The van der Waals surface area contributed by atoms with E-state index in [9.17, 15) is 4.79 Å². The van der Waals surface area contributed by atoms with Crippen molar-refractivity contribution in [2.45, 2.75) is 31.2 Å². The van der Waals surface area contributed by atoms with Gasteiger partial charge in [0.15, 0.2) is 0 Å². The lowest BCUT2D eigenvalue weighted by Crippen LogP contribution is -2.35. The van der Waals surface area contributed by atoms with Crippen molar-refractivity contribution in [3.05, 3.63) is 94.5 Å². The number of amides is 1. The number of benzene rings is 3. The average molecular weight is 429 g/mol. The Morgan fingerprint density at radius 2 is 1.71 bits per heavy atom. The molecule has 1 amide bonds. The van der Waals surface area contributed by atoms with Gasteiger partial charge in [-0.1, -0.05) is 54.1 Å². The molecule has 2 saturated carbocycles. The minimum absolute atomic E-state index is 0.110. The van der Waals surface area contributed by atoms with Gasteiger partial charge in [0.1, 0.15) is 0 Å². The first-order chi connectivity index (χ1) is 15.2. The minimum atomic E-state index is -0.110. The number of carbonyl (C=O) groups excluding carboxylic acids is 1. The van der Waals surface area contributed by atoms with Crippen molar-refractivity contribution in [1.82, 2.24) is 0 Å². The van der Waals surface area contributed by atoms with Crippen LogP contribution in [0.25, 0.3) is 0 Å². The first kappa shape index (κ1) is 18.9. The summed E-state index contributed by atoms with van der Waals surface area (Å²) in [5, 5.41) is 7.36. The first-order valence-electron chi connectivity index (χ1n) is 11.2. The smallest absolute Gasteiger partial charge is 0.255 e. The Hall–Kier alpha value is -2.78. The highest BCUT2D eigenvalue weighted by Crippen LogP contribution is 2.63. The molecule has 1 heterocycles. The molecule has 3 aliphatic rings. The van der Waals surface area contributed by atoms with Crippen molar-refractivity contribution in [3.8, 4) is 0 Å². The molecule has 2 bridgehead atoms. The van der Waals surface area contributed by atoms with E-state index in [0.717, 1.165) is 11.8 Å². The third-order valence-corrected chi connectivity index (χ3v) is 7.96. The van der Waals surface area contributed by atoms with E-state index in [0.29, 0.717) is 34.2 Å². The zero-order valence-corrected chi connectivity index (χ0v) is 18.0. The van der Waals surface area contributed by atoms with Crippen molar-refractivity contribution >= 4 is 28.9 Å². The van der Waals surface area contributed by atoms with E-state index in [1.165, 1.54) is 36.1 Å². The maximum atomic E-state index is 13.0. The third kappa shape index (κ3) is 3.14. The summed E-state index contributed by atoms with van der Waals surface area (Å²) in [6.45, 7) is 0. The lowest BCUT2D eigenvalue weighted by Gasteiger charge is -2.43. The Kier molecular flexibility index (Phi) is 4.53. The number of rotatable bonds is 3. The quantitative estimate of drug-likeness (QED) is 0.477. The largest absolute Gasteiger partial charge is 0.378 e. The molecule has 3 aromatic rings. The first-order valence-corrected chi connectivity index (χ1v) is 11.6. The van der Waals surface area contributed by atoms with Gasteiger partial charge in [-0.05, 0) is 84.4 Å². The molecule has 0 spiro atoms. The van der Waals surface area contributed by atoms with Gasteiger partial charge in [-0.15, -0.1) is 0 Å². The second kappa shape index (κ2) is 7.42. The summed E-state index contributed by atoms with van der Waals surface area (Å²) in [5.41, 5.74) is 5.21. The molecule has 0 saturated heterocycles. The fourth-order valence-corrected chi connectivity index (χ4v) is 6.56. The molecule has 1 aliphatic heterocycles. The van der Waals surface area contributed by atoms with E-state index in [1.54, 1.807) is 6.07 Å². The topological polar surface area (TPSA) is 41.1 Å². The van der Waals surface area contributed by atoms with Crippen molar-refractivity contribution in [3.63, 3.8) is 0 Å². The highest BCUT2D eigenvalue weighted by atomic mass is 35.5. The van der Waals surface area contributed by atoms with Crippen LogP contribution in [0.3, 0.4) is 0 Å². The van der Waals surface area contributed by atoms with Crippen LogP contribution in [0, 0.1) is 17.8 Å². The lowest BCUT2D eigenvalue weighted by molar-refractivity contribution is 0.102. The van der Waals surface area contributed by atoms with Gasteiger partial charge >= 0.3 is 0 Å². The summed E-state index contributed by atoms with van der Waals surface area (Å²) in [5.74, 6) is 2.50. The Morgan fingerprint density at radius 1 is 0.935 bits per heavy atom. The zero-order chi connectivity index (χ0) is 20.9. The Bertz CT molecular complexity index is 1140. The highest BCUT2D eigenvalue weighted by Gasteiger charge is 2.53. The number of fused-ring (bicyclic) bond motifs is 7. The molecule has 0 radical (unpaired) electrons. The van der Waals surface area contributed by atoms with Gasteiger partial charge in [0.25, 0.3) is 5.91 Å². The van der Waals surface area contributed by atoms with Crippen LogP contribution < -0.4 is 10.6 Å². The van der Waals surface area contributed by atoms with Crippen molar-refractivity contribution in [2.24, 2.45) is 17.8 Å². The SMILES string of the molecule is O=C(Nc1ccccc1Cl)c1ccc2c(c1)[C@H]1[C@H]3CC[C@@H](C3)[C@@H]1[C@H](c1ccccc1)N2. The van der Waals surface area contributed by atoms with Crippen LogP contribution >= 0.6 is 11.6 Å². The lowest BCUT2D eigenvalue weighted by atomic mass is 9.68. The van der Waals surface area contributed by atoms with E-state index in [2.05, 4.69) is 53.1 Å². The molecular weight excluding hydrogens is 404 g/mol. The normalized spacial score (nSPS) is 27.8. The number of nitrogens with one attached hydrogen (secondary N) is 2. The molecule has 2 N–H and O–H groups in total. The van der Waals surface area contributed by atoms with Crippen molar-refractivity contribution in [2.75, 3.05) is 10.6 Å². The minimum Gasteiger partial charge on any atom is -0.378 e. The fraction of sp³-hybridized carbons (Fsp3) is 0.296. The maximum Gasteiger partial charge on any atom is 0.255 e. The van der Waals surface area contributed by atoms with Crippen LogP contribution in [-0.4, -0.2) is 5.91 Å². The van der Waals surface area contributed by atoms with Crippen LogP contribution in [0.2, 0.25) is 5.02 Å². The van der Waals surface area contributed by atoms with E-state index in [1.807, 2.05) is 24.3 Å². The maximum absolute atomic E-state index is 13.0. The number of hydrogen-bond donors (Lipinski definition) is 2. The van der Waals surface area contributed by atoms with E-state index < -0.39 is 0 Å². The number of carbonyl (C=O) groups is 1. The molecule has 156 valence electrons. The average Bonchev–Trinajstić information content (AvgIpc) is 3.43. The van der Waals surface area contributed by atoms with Gasteiger partial charge in [0.05, 0.1) is 16.8 Å². The van der Waals surface area contributed by atoms with E-state index in [-0.39, 0.29) is 5.91 Å². The fourth-order valence-electron chi connectivity index (χ4n) is 6.37. The molecule has 6 rings (SSSR count). The molecule has 5 atom stereocenters. The predicted molar refractivity (Wildman–Crippen MR) is 126 cm³/mol. The summed E-state index contributed by atoms with van der Waals surface area (Å²) in [7, 11) is 0. The van der Waals surface area contributed by atoms with Crippen LogP contribution in [-0.2, 0) is 0 Å². The number of hydrogen-bond acceptors (Lipinski definition) is 2. The molecule has 3 nitrogen and oxygen atoms in total. The Morgan fingerprint density at radius 3 is 2.55 bits per heavy atom. The zero-order valence-electron chi connectivity index (χ0n) is 17.2. The van der Waals surface area contributed by atoms with E-state index in [4.69, 9.17) is 11.6 Å². The monoisotopic (exact) mass is 428 g/mol. The third-order valence-electron chi connectivity index (χ3n) is 7.63.